The first-order valence-corrected chi connectivity index (χ1v) is 10.4. The Morgan fingerprint density at radius 3 is 2.09 bits per heavy atom. The average molecular weight is 434 g/mol. The number of hydrogen-bond acceptors (Lipinski definition) is 5. The van der Waals surface area contributed by atoms with Gasteiger partial charge < -0.3 is 18.9 Å². The highest BCUT2D eigenvalue weighted by molar-refractivity contribution is 6.06. The van der Waals surface area contributed by atoms with E-state index in [4.69, 9.17) is 18.9 Å². The van der Waals surface area contributed by atoms with Crippen LogP contribution in [0.25, 0.3) is 0 Å². The minimum absolute atomic E-state index is 0.0886. The second kappa shape index (κ2) is 8.83. The fourth-order valence-electron chi connectivity index (χ4n) is 3.99. The van der Waals surface area contributed by atoms with Gasteiger partial charge in [-0.05, 0) is 73.0 Å². The lowest BCUT2D eigenvalue weighted by molar-refractivity contribution is -0.135. The molecule has 0 unspecified atom stereocenters. The molecule has 1 fully saturated rings. The molecule has 0 spiro atoms. The lowest BCUT2D eigenvalue weighted by Crippen LogP contribution is -2.61. The Balaban J connectivity index is 1.74. The molecule has 3 aromatic carbocycles. The summed E-state index contributed by atoms with van der Waals surface area (Å²) < 4.78 is 22.3. The van der Waals surface area contributed by atoms with Crippen LogP contribution >= 0.6 is 0 Å². The molecule has 1 aliphatic heterocycles. The topological polar surface area (TPSA) is 57.2 Å². The van der Waals surface area contributed by atoms with E-state index in [2.05, 4.69) is 0 Å². The Morgan fingerprint density at radius 2 is 1.44 bits per heavy atom. The van der Waals surface area contributed by atoms with E-state index >= 15 is 0 Å². The number of aryl methyl sites for hydroxylation is 2. The van der Waals surface area contributed by atoms with Gasteiger partial charge in [0.2, 0.25) is 6.10 Å². The van der Waals surface area contributed by atoms with Gasteiger partial charge in [-0.3, -0.25) is 9.69 Å². The molecule has 166 valence electrons. The minimum Gasteiger partial charge on any atom is -0.497 e. The summed E-state index contributed by atoms with van der Waals surface area (Å²) >= 11 is 0. The Labute approximate surface area is 188 Å². The van der Waals surface area contributed by atoms with Crippen molar-refractivity contribution in [2.45, 2.75) is 26.0 Å². The normalized spacial score (nSPS) is 17.5. The number of rotatable bonds is 7. The zero-order valence-corrected chi connectivity index (χ0v) is 18.9. The molecule has 0 radical (unpaired) electrons. The maximum Gasteiger partial charge on any atom is 0.271 e. The van der Waals surface area contributed by atoms with Gasteiger partial charge in [0, 0.05) is 5.69 Å². The SMILES string of the molecule is COc1ccc(O[C@H]2C(=O)N(c3cc(C)ccc3C)[C@@H]2c2ccc(OC)c(OC)c2)cc1. The third-order valence-corrected chi connectivity index (χ3v) is 5.74. The molecule has 0 saturated carbocycles. The van der Waals surface area contributed by atoms with Gasteiger partial charge in [-0.1, -0.05) is 18.2 Å². The van der Waals surface area contributed by atoms with E-state index in [0.29, 0.717) is 17.2 Å². The van der Waals surface area contributed by atoms with Gasteiger partial charge in [-0.25, -0.2) is 0 Å². The van der Waals surface area contributed by atoms with E-state index in [1.165, 1.54) is 0 Å². The molecule has 1 saturated heterocycles. The molecule has 32 heavy (non-hydrogen) atoms. The Hall–Kier alpha value is -3.67. The predicted molar refractivity (Wildman–Crippen MR) is 123 cm³/mol. The maximum absolute atomic E-state index is 13.3. The highest BCUT2D eigenvalue weighted by Gasteiger charge is 2.51. The second-order valence-corrected chi connectivity index (χ2v) is 7.77. The number of carbonyl (C=O) groups excluding carboxylic acids is 1. The summed E-state index contributed by atoms with van der Waals surface area (Å²) in [6.45, 7) is 4.02. The first-order valence-electron chi connectivity index (χ1n) is 10.4. The number of β-lactam (4-membered cyclic amide) rings is 1. The molecule has 6 nitrogen and oxygen atoms in total. The first-order chi connectivity index (χ1) is 15.5. The van der Waals surface area contributed by atoms with Crippen molar-refractivity contribution in [3.63, 3.8) is 0 Å². The summed E-state index contributed by atoms with van der Waals surface area (Å²) in [4.78, 5) is 15.1. The van der Waals surface area contributed by atoms with Crippen LogP contribution in [0, 0.1) is 13.8 Å². The van der Waals surface area contributed by atoms with Crippen molar-refractivity contribution in [3.05, 3.63) is 77.4 Å². The third-order valence-electron chi connectivity index (χ3n) is 5.74. The zero-order valence-electron chi connectivity index (χ0n) is 18.9. The van der Waals surface area contributed by atoms with Crippen LogP contribution in [0.4, 0.5) is 5.69 Å². The Kier molecular flexibility index (Phi) is 5.95. The summed E-state index contributed by atoms with van der Waals surface area (Å²) in [6, 6.07) is 18.7. The van der Waals surface area contributed by atoms with Crippen molar-refractivity contribution in [1.29, 1.82) is 0 Å². The van der Waals surface area contributed by atoms with Gasteiger partial charge in [0.05, 0.1) is 21.3 Å². The Morgan fingerprint density at radius 1 is 0.750 bits per heavy atom. The first kappa shape index (κ1) is 21.6. The van der Waals surface area contributed by atoms with Crippen molar-refractivity contribution < 1.29 is 23.7 Å². The molecule has 0 bridgehead atoms. The van der Waals surface area contributed by atoms with Crippen LogP contribution in [-0.2, 0) is 4.79 Å². The van der Waals surface area contributed by atoms with E-state index in [0.717, 1.165) is 28.1 Å². The van der Waals surface area contributed by atoms with Crippen molar-refractivity contribution in [2.24, 2.45) is 0 Å². The lowest BCUT2D eigenvalue weighted by Gasteiger charge is -2.47. The predicted octanol–water partition coefficient (Wildman–Crippen LogP) is 4.86. The molecule has 3 aromatic rings. The fraction of sp³-hybridized carbons (Fsp3) is 0.269. The summed E-state index contributed by atoms with van der Waals surface area (Å²) in [5.41, 5.74) is 3.90. The number of amides is 1. The van der Waals surface area contributed by atoms with Crippen molar-refractivity contribution in [3.8, 4) is 23.0 Å². The van der Waals surface area contributed by atoms with Gasteiger partial charge in [0.15, 0.2) is 11.5 Å². The van der Waals surface area contributed by atoms with Crippen LogP contribution in [0.5, 0.6) is 23.0 Å². The molecule has 1 heterocycles. The summed E-state index contributed by atoms with van der Waals surface area (Å²) in [5, 5.41) is 0. The molecule has 2 atom stereocenters. The maximum atomic E-state index is 13.3. The van der Waals surface area contributed by atoms with E-state index in [1.54, 1.807) is 38.4 Å². The van der Waals surface area contributed by atoms with E-state index in [-0.39, 0.29) is 11.9 Å². The quantitative estimate of drug-likeness (QED) is 0.498. The molecule has 1 aliphatic rings. The number of ether oxygens (including phenoxy) is 4. The fourth-order valence-corrected chi connectivity index (χ4v) is 3.99. The molecular formula is C26H27NO5. The van der Waals surface area contributed by atoms with Gasteiger partial charge in [-0.2, -0.15) is 0 Å². The van der Waals surface area contributed by atoms with Crippen LogP contribution in [0.3, 0.4) is 0 Å². The van der Waals surface area contributed by atoms with Gasteiger partial charge in [0.25, 0.3) is 5.91 Å². The molecule has 0 aliphatic carbocycles. The van der Waals surface area contributed by atoms with E-state index in [9.17, 15) is 4.79 Å². The summed E-state index contributed by atoms with van der Waals surface area (Å²) in [5.74, 6) is 2.48. The summed E-state index contributed by atoms with van der Waals surface area (Å²) in [7, 11) is 4.81. The lowest BCUT2D eigenvalue weighted by atomic mass is 9.88. The van der Waals surface area contributed by atoms with Gasteiger partial charge >= 0.3 is 0 Å². The number of benzene rings is 3. The standard InChI is InChI=1S/C26H27NO5/c1-16-6-7-17(2)21(14-16)27-24(18-8-13-22(30-4)23(15-18)31-5)25(26(27)28)32-20-11-9-19(29-3)10-12-20/h6-15,24-25H,1-5H3/t24-,25-/m1/s1. The van der Waals surface area contributed by atoms with Crippen LogP contribution < -0.4 is 23.8 Å². The van der Waals surface area contributed by atoms with Crippen molar-refractivity contribution >= 4 is 11.6 Å². The molecule has 1 amide bonds. The number of methoxy groups -OCH3 is 3. The van der Waals surface area contributed by atoms with E-state index in [1.807, 2.05) is 62.4 Å². The van der Waals surface area contributed by atoms with Crippen molar-refractivity contribution in [1.82, 2.24) is 0 Å². The highest BCUT2D eigenvalue weighted by Crippen LogP contribution is 2.44. The zero-order chi connectivity index (χ0) is 22.8. The molecular weight excluding hydrogens is 406 g/mol. The largest absolute Gasteiger partial charge is 0.497 e. The smallest absolute Gasteiger partial charge is 0.271 e. The average Bonchev–Trinajstić information content (AvgIpc) is 2.82. The molecule has 0 N–H and O–H groups in total. The summed E-state index contributed by atoms with van der Waals surface area (Å²) in [6.07, 6.45) is -0.665. The third kappa shape index (κ3) is 3.84. The number of hydrogen-bond donors (Lipinski definition) is 0. The number of anilines is 1. The van der Waals surface area contributed by atoms with Crippen LogP contribution in [-0.4, -0.2) is 33.3 Å². The van der Waals surface area contributed by atoms with Crippen LogP contribution in [0.2, 0.25) is 0 Å². The molecule has 0 aromatic heterocycles. The number of carbonyl (C=O) groups is 1. The minimum atomic E-state index is -0.665. The van der Waals surface area contributed by atoms with Crippen LogP contribution in [0.1, 0.15) is 22.7 Å². The highest BCUT2D eigenvalue weighted by atomic mass is 16.5. The van der Waals surface area contributed by atoms with Gasteiger partial charge in [-0.15, -0.1) is 0 Å². The monoisotopic (exact) mass is 433 g/mol. The van der Waals surface area contributed by atoms with Crippen molar-refractivity contribution in [2.75, 3.05) is 26.2 Å². The Bertz CT molecular complexity index is 1130. The van der Waals surface area contributed by atoms with E-state index < -0.39 is 6.10 Å². The second-order valence-electron chi connectivity index (χ2n) is 7.77. The van der Waals surface area contributed by atoms with Crippen LogP contribution in [0.15, 0.2) is 60.7 Å². The number of nitrogens with zero attached hydrogens (tertiary/aromatic N) is 1. The molecule has 4 rings (SSSR count). The molecule has 6 heteroatoms. The van der Waals surface area contributed by atoms with Gasteiger partial charge in [0.1, 0.15) is 17.5 Å².